The molecule has 0 spiro atoms. The average molecular weight is 298 g/mol. The second-order valence-corrected chi connectivity index (χ2v) is 6.29. The van der Waals surface area contributed by atoms with E-state index in [-0.39, 0.29) is 18.2 Å². The second-order valence-electron chi connectivity index (χ2n) is 6.29. The van der Waals surface area contributed by atoms with Gasteiger partial charge in [0.15, 0.2) is 0 Å². The fourth-order valence-electron chi connectivity index (χ4n) is 3.24. The van der Waals surface area contributed by atoms with E-state index in [1.54, 1.807) is 0 Å². The quantitative estimate of drug-likeness (QED) is 0.707. The Morgan fingerprint density at radius 2 is 2.05 bits per heavy atom. The van der Waals surface area contributed by atoms with Crippen molar-refractivity contribution in [3.8, 4) is 0 Å². The summed E-state index contributed by atoms with van der Waals surface area (Å²) in [7, 11) is 0. The van der Waals surface area contributed by atoms with Gasteiger partial charge in [-0.15, -0.1) is 0 Å². The molecule has 2 amide bonds. The Morgan fingerprint density at radius 1 is 1.43 bits per heavy atom. The summed E-state index contributed by atoms with van der Waals surface area (Å²) in [4.78, 5) is 37.0. The van der Waals surface area contributed by atoms with Crippen molar-refractivity contribution in [2.75, 3.05) is 6.54 Å². The van der Waals surface area contributed by atoms with Crippen LogP contribution in [0.2, 0.25) is 0 Å². The largest absolute Gasteiger partial charge is 0.481 e. The van der Waals surface area contributed by atoms with Crippen molar-refractivity contribution in [1.82, 2.24) is 4.90 Å². The van der Waals surface area contributed by atoms with Gasteiger partial charge in [0.05, 0.1) is 11.8 Å². The first kappa shape index (κ1) is 17.5. The van der Waals surface area contributed by atoms with E-state index in [0.29, 0.717) is 19.4 Å². The highest BCUT2D eigenvalue weighted by Crippen LogP contribution is 2.41. The second kappa shape index (κ2) is 6.91. The average Bonchev–Trinajstić information content (AvgIpc) is 2.65. The number of primary amides is 1. The van der Waals surface area contributed by atoms with E-state index >= 15 is 0 Å². The highest BCUT2D eigenvalue weighted by molar-refractivity contribution is 5.93. The van der Waals surface area contributed by atoms with Crippen LogP contribution in [-0.4, -0.2) is 40.4 Å². The molecule has 1 heterocycles. The standard InChI is InChI=1S/C15H26N2O4/c1-4-5-6-15(9-11(18)19)7-8-17(14(15)21)12(10(2)3)13(16)20/h10,12H,4-9H2,1-3H3,(H2,16,20)(H,18,19)/t12-,15-/m0/s1. The summed E-state index contributed by atoms with van der Waals surface area (Å²) >= 11 is 0. The summed E-state index contributed by atoms with van der Waals surface area (Å²) in [5, 5.41) is 9.14. The smallest absolute Gasteiger partial charge is 0.304 e. The lowest BCUT2D eigenvalue weighted by molar-refractivity contribution is -0.149. The summed E-state index contributed by atoms with van der Waals surface area (Å²) in [6, 6.07) is -0.658. The molecular formula is C15H26N2O4. The minimum Gasteiger partial charge on any atom is -0.481 e. The summed E-state index contributed by atoms with van der Waals surface area (Å²) in [5.74, 6) is -1.81. The van der Waals surface area contributed by atoms with Crippen molar-refractivity contribution < 1.29 is 19.5 Å². The molecule has 0 aliphatic carbocycles. The fourth-order valence-corrected chi connectivity index (χ4v) is 3.24. The number of likely N-dealkylation sites (tertiary alicyclic amines) is 1. The van der Waals surface area contributed by atoms with Crippen LogP contribution in [0.15, 0.2) is 0 Å². The van der Waals surface area contributed by atoms with Crippen LogP contribution in [0.5, 0.6) is 0 Å². The monoisotopic (exact) mass is 298 g/mol. The lowest BCUT2D eigenvalue weighted by atomic mass is 9.78. The molecule has 21 heavy (non-hydrogen) atoms. The Labute approximate surface area is 125 Å². The molecule has 0 radical (unpaired) electrons. The molecule has 2 atom stereocenters. The number of unbranched alkanes of at least 4 members (excludes halogenated alkanes) is 1. The zero-order valence-corrected chi connectivity index (χ0v) is 13.1. The summed E-state index contributed by atoms with van der Waals surface area (Å²) in [5.41, 5.74) is 4.55. The van der Waals surface area contributed by atoms with E-state index < -0.39 is 23.3 Å². The topological polar surface area (TPSA) is 101 Å². The van der Waals surface area contributed by atoms with Crippen LogP contribution in [-0.2, 0) is 14.4 Å². The molecule has 1 fully saturated rings. The number of rotatable bonds is 8. The molecule has 120 valence electrons. The number of aliphatic carboxylic acids is 1. The van der Waals surface area contributed by atoms with E-state index in [4.69, 9.17) is 10.8 Å². The van der Waals surface area contributed by atoms with Crippen LogP contribution in [0.4, 0.5) is 0 Å². The molecule has 1 rings (SSSR count). The Kier molecular flexibility index (Phi) is 5.75. The van der Waals surface area contributed by atoms with E-state index in [1.807, 2.05) is 20.8 Å². The Morgan fingerprint density at radius 3 is 2.48 bits per heavy atom. The third-order valence-electron chi connectivity index (χ3n) is 4.30. The number of hydrogen-bond donors (Lipinski definition) is 2. The lowest BCUT2D eigenvalue weighted by Gasteiger charge is -2.31. The number of hydrogen-bond acceptors (Lipinski definition) is 3. The number of nitrogens with two attached hydrogens (primary N) is 1. The minimum absolute atomic E-state index is 0.0850. The van der Waals surface area contributed by atoms with Crippen LogP contribution < -0.4 is 5.73 Å². The number of carbonyl (C=O) groups is 3. The van der Waals surface area contributed by atoms with E-state index in [1.165, 1.54) is 4.90 Å². The molecule has 0 aromatic carbocycles. The molecule has 3 N–H and O–H groups in total. The predicted octanol–water partition coefficient (Wildman–Crippen LogP) is 1.38. The van der Waals surface area contributed by atoms with Crippen molar-refractivity contribution >= 4 is 17.8 Å². The van der Waals surface area contributed by atoms with Crippen molar-refractivity contribution in [3.63, 3.8) is 0 Å². The van der Waals surface area contributed by atoms with Gasteiger partial charge in [-0.25, -0.2) is 0 Å². The molecule has 6 heteroatoms. The van der Waals surface area contributed by atoms with Crippen molar-refractivity contribution in [2.45, 2.75) is 58.9 Å². The third-order valence-corrected chi connectivity index (χ3v) is 4.30. The maximum absolute atomic E-state index is 12.8. The molecule has 1 aliphatic heterocycles. The molecule has 0 aromatic rings. The van der Waals surface area contributed by atoms with Crippen LogP contribution in [0.1, 0.15) is 52.9 Å². The highest BCUT2D eigenvalue weighted by atomic mass is 16.4. The molecule has 0 saturated carbocycles. The normalized spacial score (nSPS) is 23.6. The molecule has 1 saturated heterocycles. The molecular weight excluding hydrogens is 272 g/mol. The number of carbonyl (C=O) groups excluding carboxylic acids is 2. The zero-order chi connectivity index (χ0) is 16.2. The first-order chi connectivity index (χ1) is 9.75. The summed E-state index contributed by atoms with van der Waals surface area (Å²) < 4.78 is 0. The summed E-state index contributed by atoms with van der Waals surface area (Å²) in [6.07, 6.45) is 2.56. The van der Waals surface area contributed by atoms with Gasteiger partial charge < -0.3 is 15.7 Å². The lowest BCUT2D eigenvalue weighted by Crippen LogP contribution is -2.50. The van der Waals surface area contributed by atoms with Gasteiger partial charge in [0, 0.05) is 6.54 Å². The van der Waals surface area contributed by atoms with Gasteiger partial charge in [0.25, 0.3) is 0 Å². The Bertz CT molecular complexity index is 422. The molecule has 0 aromatic heterocycles. The van der Waals surface area contributed by atoms with Crippen LogP contribution in [0.3, 0.4) is 0 Å². The number of nitrogens with zero attached hydrogens (tertiary/aromatic N) is 1. The summed E-state index contributed by atoms with van der Waals surface area (Å²) in [6.45, 7) is 6.09. The van der Waals surface area contributed by atoms with Gasteiger partial charge in [-0.2, -0.15) is 0 Å². The van der Waals surface area contributed by atoms with Gasteiger partial charge >= 0.3 is 5.97 Å². The van der Waals surface area contributed by atoms with Crippen LogP contribution in [0.25, 0.3) is 0 Å². The number of amides is 2. The van der Waals surface area contributed by atoms with Gasteiger partial charge in [-0.1, -0.05) is 33.6 Å². The Hall–Kier alpha value is -1.59. The fraction of sp³-hybridized carbons (Fsp3) is 0.800. The third kappa shape index (κ3) is 3.74. The predicted molar refractivity (Wildman–Crippen MR) is 78.4 cm³/mol. The molecule has 6 nitrogen and oxygen atoms in total. The molecule has 1 aliphatic rings. The van der Waals surface area contributed by atoms with Crippen LogP contribution >= 0.6 is 0 Å². The van der Waals surface area contributed by atoms with Gasteiger partial charge in [0.2, 0.25) is 11.8 Å². The first-order valence-corrected chi connectivity index (χ1v) is 7.57. The van der Waals surface area contributed by atoms with E-state index in [2.05, 4.69) is 0 Å². The number of carboxylic acids is 1. The van der Waals surface area contributed by atoms with Gasteiger partial charge in [0.1, 0.15) is 6.04 Å². The highest BCUT2D eigenvalue weighted by Gasteiger charge is 2.50. The maximum atomic E-state index is 12.8. The maximum Gasteiger partial charge on any atom is 0.304 e. The SMILES string of the molecule is CCCC[C@@]1(CC(=O)O)CCN([C@H](C(N)=O)C(C)C)C1=O. The van der Waals surface area contributed by atoms with Gasteiger partial charge in [-0.05, 0) is 18.8 Å². The van der Waals surface area contributed by atoms with Crippen molar-refractivity contribution in [1.29, 1.82) is 0 Å². The number of carboxylic acid groups (broad SMARTS) is 1. The Balaban J connectivity index is 3.02. The van der Waals surface area contributed by atoms with Crippen molar-refractivity contribution in [2.24, 2.45) is 17.1 Å². The molecule has 0 unspecified atom stereocenters. The minimum atomic E-state index is -0.971. The van der Waals surface area contributed by atoms with Gasteiger partial charge in [-0.3, -0.25) is 14.4 Å². The van der Waals surface area contributed by atoms with E-state index in [0.717, 1.165) is 12.8 Å². The molecule has 0 bridgehead atoms. The van der Waals surface area contributed by atoms with Crippen molar-refractivity contribution in [3.05, 3.63) is 0 Å². The first-order valence-electron chi connectivity index (χ1n) is 7.57. The van der Waals surface area contributed by atoms with Crippen LogP contribution in [0, 0.1) is 11.3 Å². The van der Waals surface area contributed by atoms with E-state index in [9.17, 15) is 14.4 Å². The zero-order valence-electron chi connectivity index (χ0n) is 13.1.